The van der Waals surface area contributed by atoms with Crippen LogP contribution in [0.2, 0.25) is 0 Å². The summed E-state index contributed by atoms with van der Waals surface area (Å²) in [7, 11) is -17.1. The Hall–Kier alpha value is -4.58. The summed E-state index contributed by atoms with van der Waals surface area (Å²) in [6.07, 6.45) is -2.00. The molecular formula is C29H36BN8O18P3. The van der Waals surface area contributed by atoms with Crippen molar-refractivity contribution in [1.29, 1.82) is 0 Å². The Bertz CT molecular complexity index is 2450. The number of hydrogen-bond acceptors (Lipinski definition) is 18. The first-order valence-corrected chi connectivity index (χ1v) is 21.4. The maximum absolute atomic E-state index is 12.9. The average Bonchev–Trinajstić information content (AvgIpc) is 3.74. The average molecular weight is 888 g/mol. The number of para-hydroxylation sites is 1. The molecule has 2 amide bonds. The Morgan fingerprint density at radius 3 is 2.56 bits per heavy atom. The molecule has 2 aliphatic rings. The summed E-state index contributed by atoms with van der Waals surface area (Å²) in [5.74, 6) is 1.54. The number of nitrogens with zero attached hydrogens (tertiary/aromatic N) is 4. The predicted octanol–water partition coefficient (Wildman–Crippen LogP) is -3.21. The molecule has 1 fully saturated rings. The monoisotopic (exact) mass is 888 g/mol. The van der Waals surface area contributed by atoms with Crippen LogP contribution in [0.15, 0.2) is 58.0 Å². The molecule has 0 saturated carbocycles. The van der Waals surface area contributed by atoms with Gasteiger partial charge in [0.25, 0.3) is 5.56 Å². The van der Waals surface area contributed by atoms with Gasteiger partial charge in [0.15, 0.2) is 0 Å². The molecule has 26 nitrogen and oxygen atoms in total. The van der Waals surface area contributed by atoms with Crippen LogP contribution in [0.25, 0.3) is 10.9 Å². The summed E-state index contributed by atoms with van der Waals surface area (Å²) in [6.45, 7) is -0.982. The molecule has 5 rings (SSSR count). The lowest BCUT2D eigenvalue weighted by Gasteiger charge is -2.22. The normalized spacial score (nSPS) is 20.0. The molecule has 0 radical (unpaired) electrons. The zero-order valence-corrected chi connectivity index (χ0v) is 33.0. The van der Waals surface area contributed by atoms with E-state index in [1.54, 1.807) is 43.6 Å². The van der Waals surface area contributed by atoms with Crippen LogP contribution < -0.4 is 32.9 Å². The number of hydrazine groups is 2. The van der Waals surface area contributed by atoms with E-state index >= 15 is 0 Å². The Labute approximate surface area is 331 Å². The van der Waals surface area contributed by atoms with Gasteiger partial charge < -0.3 is 55.2 Å². The number of aromatic nitrogens is 3. The van der Waals surface area contributed by atoms with Crippen molar-refractivity contribution in [3.63, 3.8) is 0 Å². The third kappa shape index (κ3) is 13.0. The van der Waals surface area contributed by atoms with Gasteiger partial charge >= 0.3 is 36.3 Å². The Morgan fingerprint density at radius 2 is 1.85 bits per heavy atom. The molecule has 2 aromatic heterocycles. The summed E-state index contributed by atoms with van der Waals surface area (Å²) in [5, 5.41) is 34.1. The molecule has 0 spiro atoms. The second kappa shape index (κ2) is 18.8. The minimum Gasteiger partial charge on any atom is -0.423 e. The number of aliphatic hydroxyl groups excluding tert-OH is 1. The van der Waals surface area contributed by atoms with Crippen LogP contribution in [0, 0.1) is 12.0 Å². The van der Waals surface area contributed by atoms with Gasteiger partial charge in [-0.3, -0.25) is 38.8 Å². The van der Waals surface area contributed by atoms with Gasteiger partial charge in [0.1, 0.15) is 24.4 Å². The van der Waals surface area contributed by atoms with E-state index in [2.05, 4.69) is 46.3 Å². The van der Waals surface area contributed by atoms with Crippen LogP contribution in [-0.2, 0) is 47.7 Å². The van der Waals surface area contributed by atoms with Crippen LogP contribution in [-0.4, -0.2) is 111 Å². The van der Waals surface area contributed by atoms with Crippen molar-refractivity contribution >= 4 is 58.8 Å². The van der Waals surface area contributed by atoms with Crippen LogP contribution in [0.1, 0.15) is 36.7 Å². The first-order chi connectivity index (χ1) is 27.6. The second-order valence-corrected chi connectivity index (χ2v) is 17.1. The van der Waals surface area contributed by atoms with E-state index in [-0.39, 0.29) is 49.3 Å². The molecular weight excluding hydrogens is 852 g/mol. The molecule has 59 heavy (non-hydrogen) atoms. The number of benzene rings is 1. The molecule has 1 saturated heterocycles. The van der Waals surface area contributed by atoms with Crippen LogP contribution in [0.3, 0.4) is 0 Å². The largest absolute Gasteiger partial charge is 0.490 e. The maximum atomic E-state index is 12.9. The van der Waals surface area contributed by atoms with E-state index in [1.807, 2.05) is 4.98 Å². The topological polar surface area (TPSA) is 374 Å². The van der Waals surface area contributed by atoms with Crippen molar-refractivity contribution in [3.05, 3.63) is 80.5 Å². The number of aromatic amines is 1. The van der Waals surface area contributed by atoms with Gasteiger partial charge in [-0.15, -0.1) is 5.12 Å². The summed E-state index contributed by atoms with van der Waals surface area (Å²) in [4.78, 5) is 94.4. The Morgan fingerprint density at radius 1 is 1.10 bits per heavy atom. The number of ether oxygens (including phenoxy) is 1. The lowest BCUT2D eigenvalue weighted by molar-refractivity contribution is -0.132. The molecule has 5 atom stereocenters. The third-order valence-electron chi connectivity index (χ3n) is 8.20. The number of amides is 2. The van der Waals surface area contributed by atoms with Gasteiger partial charge in [-0.2, -0.15) is 8.62 Å². The predicted molar refractivity (Wildman–Crippen MR) is 199 cm³/mol. The van der Waals surface area contributed by atoms with Crippen LogP contribution in [0.5, 0.6) is 0 Å². The van der Waals surface area contributed by atoms with Gasteiger partial charge in [0.05, 0.1) is 30.5 Å². The number of likely N-dealkylation sites (N-methyl/N-ethyl adjacent to an activating group) is 1. The molecule has 0 aliphatic carbocycles. The fourth-order valence-corrected chi connectivity index (χ4v) is 8.50. The lowest BCUT2D eigenvalue weighted by Crippen LogP contribution is -2.46. The van der Waals surface area contributed by atoms with E-state index in [0.29, 0.717) is 22.3 Å². The van der Waals surface area contributed by atoms with Crippen molar-refractivity contribution in [1.82, 2.24) is 40.7 Å². The number of carbonyl (C=O) groups is 2. The highest BCUT2D eigenvalue weighted by atomic mass is 31.3. The van der Waals surface area contributed by atoms with Crippen molar-refractivity contribution < 1.29 is 75.9 Å². The van der Waals surface area contributed by atoms with E-state index in [4.69, 9.17) is 14.5 Å². The highest BCUT2D eigenvalue weighted by Gasteiger charge is 2.43. The number of hydrogen-bond donors (Lipinski definition) is 11. The smallest absolute Gasteiger partial charge is 0.423 e. The van der Waals surface area contributed by atoms with Crippen molar-refractivity contribution in [2.45, 2.75) is 44.2 Å². The Balaban J connectivity index is 1.07. The number of H-pyrrole nitrogens is 1. The number of fused-ring (bicyclic) bond motifs is 1. The summed E-state index contributed by atoms with van der Waals surface area (Å²) in [5.41, 5.74) is 5.28. The number of allylic oxidation sites excluding steroid dienone is 1. The Kier molecular flexibility index (Phi) is 14.5. The minimum absolute atomic E-state index is 0.0828. The van der Waals surface area contributed by atoms with Gasteiger partial charge in [-0.05, 0) is 23.8 Å². The van der Waals surface area contributed by atoms with Crippen LogP contribution >= 0.6 is 23.5 Å². The zero-order valence-electron chi connectivity index (χ0n) is 30.3. The molecule has 3 aromatic rings. The number of aliphatic hydroxyl groups is 1. The second-order valence-electron chi connectivity index (χ2n) is 12.7. The lowest BCUT2D eigenvalue weighted by atomic mass is 9.79. The molecule has 1 aromatic carbocycles. The highest BCUT2D eigenvalue weighted by molar-refractivity contribution is 7.66. The quantitative estimate of drug-likeness (QED) is 0.0292. The summed E-state index contributed by atoms with van der Waals surface area (Å²) >= 11 is 0. The van der Waals surface area contributed by atoms with E-state index in [1.165, 1.54) is 10.0 Å². The molecule has 0 bridgehead atoms. The zero-order chi connectivity index (χ0) is 43.3. The molecule has 11 N–H and O–H groups in total. The van der Waals surface area contributed by atoms with Gasteiger partial charge in [-0.1, -0.05) is 24.3 Å². The first-order valence-electron chi connectivity index (χ1n) is 16.8. The SMILES string of the molecule is CN(Cc1ccc2cccc(B(O)O)c2n1)C(=O)CN1NC=C(CCC(=O)NC#Cc2cn(C3C[C@H](O)[C@@H](COP(=O)(O)OP(=O)(O)OP(=O)(O)O)O3)c(=O)[nH]c2=O)N1. The van der Waals surface area contributed by atoms with Gasteiger partial charge in [0, 0.05) is 49.5 Å². The minimum atomic E-state index is -5.79. The van der Waals surface area contributed by atoms with Crippen molar-refractivity contribution in [2.75, 3.05) is 20.2 Å². The fourth-order valence-electron chi connectivity index (χ4n) is 5.48. The van der Waals surface area contributed by atoms with E-state index < -0.39 is 72.8 Å². The molecule has 318 valence electrons. The fraction of sp³-hybridized carbons (Fsp3) is 0.345. The highest BCUT2D eigenvalue weighted by Crippen LogP contribution is 2.66. The summed E-state index contributed by atoms with van der Waals surface area (Å²) < 4.78 is 52.3. The van der Waals surface area contributed by atoms with Crippen molar-refractivity contribution in [3.8, 4) is 12.0 Å². The molecule has 2 aliphatic heterocycles. The number of phosphoric acid groups is 3. The van der Waals surface area contributed by atoms with E-state index in [9.17, 15) is 57.8 Å². The molecule has 30 heteroatoms. The summed E-state index contributed by atoms with van der Waals surface area (Å²) in [6, 6.07) is 10.8. The molecule has 4 heterocycles. The first kappa shape index (κ1) is 45.5. The molecule has 3 unspecified atom stereocenters. The van der Waals surface area contributed by atoms with Crippen LogP contribution in [0.4, 0.5) is 0 Å². The number of carbonyl (C=O) groups excluding carboxylic acids is 2. The number of rotatable bonds is 16. The number of phosphoric ester groups is 1. The van der Waals surface area contributed by atoms with Crippen molar-refractivity contribution in [2.24, 2.45) is 0 Å². The van der Waals surface area contributed by atoms with Gasteiger partial charge in [0.2, 0.25) is 11.8 Å². The number of pyridine rings is 1. The van der Waals surface area contributed by atoms with E-state index in [0.717, 1.165) is 10.8 Å². The maximum Gasteiger partial charge on any atom is 0.490 e. The van der Waals surface area contributed by atoms with Gasteiger partial charge in [-0.25, -0.2) is 18.5 Å². The number of nitrogens with one attached hydrogen (secondary N) is 4. The third-order valence-corrected chi connectivity index (χ3v) is 12.0. The standard InChI is InChI=1S/C29H36BN8O18P3/c1-36(14-20-6-5-17-3-2-4-21(30(44)45)27(17)33-20)25(41)15-38-32-12-19(35-38)7-8-24(40)31-10-9-18-13-37(29(43)34-28(18)42)26-11-22(39)23(54-26)16-53-58(49,50)56-59(51,52)55-57(46,47)48/h2-6,12-13,22-23,26,32,35,39,44-45H,7-8,11,14-16H2,1H3,(H,31,40)(H,49,50)(H,51,52)(H,34,42,43)(H2,46,47,48)/t22-,23+,26?/m0/s1.